The Balaban J connectivity index is 2.35. The van der Waals surface area contributed by atoms with Crippen molar-refractivity contribution < 1.29 is 4.74 Å². The molecule has 0 aliphatic rings. The van der Waals surface area contributed by atoms with Crippen molar-refractivity contribution in [2.75, 3.05) is 0 Å². The molecule has 2 aromatic carbocycles. The molecule has 0 saturated heterocycles. The Hall–Kier alpha value is -2.67. The Morgan fingerprint density at radius 1 is 1.17 bits per heavy atom. The summed E-state index contributed by atoms with van der Waals surface area (Å²) in [7, 11) is 0. The largest absolute Gasteiger partial charge is 0.457 e. The first-order chi connectivity index (χ1) is 8.83. The predicted octanol–water partition coefficient (Wildman–Crippen LogP) is 3.62. The number of rotatable bonds is 4. The van der Waals surface area contributed by atoms with E-state index in [4.69, 9.17) is 10.00 Å². The minimum absolute atomic E-state index is 0.0217. The molecule has 0 aliphatic carbocycles. The first-order valence-electron chi connectivity index (χ1n) is 5.38. The molecule has 0 N–H and O–H groups in total. The number of hydrogen-bond acceptors (Lipinski definition) is 4. The summed E-state index contributed by atoms with van der Waals surface area (Å²) >= 11 is 0. The third kappa shape index (κ3) is 2.71. The van der Waals surface area contributed by atoms with Crippen LogP contribution in [-0.2, 0) is 6.54 Å². The van der Waals surface area contributed by atoms with Crippen molar-refractivity contribution in [3.05, 3.63) is 64.6 Å². The summed E-state index contributed by atoms with van der Waals surface area (Å²) < 4.78 is 5.65. The normalized spacial score (nSPS) is 9.50. The van der Waals surface area contributed by atoms with Crippen LogP contribution in [-0.4, -0.2) is 0 Å². The Labute approximate surface area is 104 Å². The van der Waals surface area contributed by atoms with Gasteiger partial charge in [-0.15, -0.1) is 0 Å². The van der Waals surface area contributed by atoms with Crippen LogP contribution >= 0.6 is 0 Å². The predicted molar refractivity (Wildman–Crippen MR) is 67.2 cm³/mol. The summed E-state index contributed by atoms with van der Waals surface area (Å²) in [5.41, 5.74) is 1.14. The van der Waals surface area contributed by atoms with Gasteiger partial charge in [-0.2, -0.15) is 10.2 Å². The molecule has 0 spiro atoms. The molecule has 0 aromatic heterocycles. The zero-order chi connectivity index (χ0) is 12.8. The minimum atomic E-state index is 0.0217. The van der Waals surface area contributed by atoms with Gasteiger partial charge in [0.15, 0.2) is 0 Å². The van der Waals surface area contributed by atoms with E-state index in [2.05, 4.69) is 5.18 Å². The van der Waals surface area contributed by atoms with Crippen LogP contribution < -0.4 is 4.74 Å². The van der Waals surface area contributed by atoms with E-state index in [1.165, 1.54) is 0 Å². The van der Waals surface area contributed by atoms with E-state index in [1.807, 2.05) is 24.3 Å². The van der Waals surface area contributed by atoms with Gasteiger partial charge in [-0.3, -0.25) is 0 Å². The molecule has 0 aliphatic heterocycles. The van der Waals surface area contributed by atoms with Crippen molar-refractivity contribution in [2.24, 2.45) is 5.18 Å². The molecule has 2 rings (SSSR count). The third-order valence-corrected chi connectivity index (χ3v) is 2.40. The number of nitrogens with zero attached hydrogens (tertiary/aromatic N) is 2. The highest BCUT2D eigenvalue weighted by molar-refractivity contribution is 5.44. The van der Waals surface area contributed by atoms with Crippen LogP contribution in [0.3, 0.4) is 0 Å². The second-order valence-corrected chi connectivity index (χ2v) is 3.64. The monoisotopic (exact) mass is 238 g/mol. The van der Waals surface area contributed by atoms with Gasteiger partial charge in [0.2, 0.25) is 0 Å². The molecule has 0 atom stereocenters. The summed E-state index contributed by atoms with van der Waals surface area (Å²) in [6.45, 7) is 0.0217. The first-order valence-corrected chi connectivity index (χ1v) is 5.38. The van der Waals surface area contributed by atoms with E-state index in [0.29, 0.717) is 22.6 Å². The topological polar surface area (TPSA) is 62.5 Å². The molecule has 4 nitrogen and oxygen atoms in total. The molecule has 0 heterocycles. The van der Waals surface area contributed by atoms with Crippen LogP contribution in [0.25, 0.3) is 0 Å². The van der Waals surface area contributed by atoms with Gasteiger partial charge in [-0.25, -0.2) is 0 Å². The number of hydrogen-bond donors (Lipinski definition) is 0. The maximum atomic E-state index is 10.4. The Morgan fingerprint density at radius 2 is 1.94 bits per heavy atom. The fourth-order valence-electron chi connectivity index (χ4n) is 1.53. The fraction of sp³-hybridized carbons (Fsp3) is 0.0714. The molecule has 0 fully saturated rings. The van der Waals surface area contributed by atoms with Gasteiger partial charge in [0, 0.05) is 5.56 Å². The lowest BCUT2D eigenvalue weighted by molar-refractivity contribution is 0.476. The maximum absolute atomic E-state index is 10.4. The van der Waals surface area contributed by atoms with E-state index < -0.39 is 0 Å². The quantitative estimate of drug-likeness (QED) is 0.764. The van der Waals surface area contributed by atoms with E-state index in [-0.39, 0.29) is 6.54 Å². The van der Waals surface area contributed by atoms with Crippen LogP contribution in [0.1, 0.15) is 11.1 Å². The highest BCUT2D eigenvalue weighted by Gasteiger charge is 2.06. The molecule has 0 saturated carbocycles. The van der Waals surface area contributed by atoms with Gasteiger partial charge in [0.25, 0.3) is 0 Å². The van der Waals surface area contributed by atoms with E-state index in [0.717, 1.165) is 0 Å². The van der Waals surface area contributed by atoms with Gasteiger partial charge < -0.3 is 4.74 Å². The van der Waals surface area contributed by atoms with Crippen molar-refractivity contribution >= 4 is 0 Å². The van der Waals surface area contributed by atoms with Crippen molar-refractivity contribution in [1.82, 2.24) is 0 Å². The maximum Gasteiger partial charge on any atom is 0.133 e. The Bertz CT molecular complexity index is 588. The summed E-state index contributed by atoms with van der Waals surface area (Å²) in [4.78, 5) is 10.4. The van der Waals surface area contributed by atoms with E-state index in [1.54, 1.807) is 30.3 Å². The van der Waals surface area contributed by atoms with Gasteiger partial charge in [0.1, 0.15) is 18.0 Å². The summed E-state index contributed by atoms with van der Waals surface area (Å²) in [5.74, 6) is 1.14. The smallest absolute Gasteiger partial charge is 0.133 e. The van der Waals surface area contributed by atoms with Crippen LogP contribution in [0.2, 0.25) is 0 Å². The molecular formula is C14H10N2O2. The fourth-order valence-corrected chi connectivity index (χ4v) is 1.53. The van der Waals surface area contributed by atoms with Crippen molar-refractivity contribution in [2.45, 2.75) is 6.54 Å². The Morgan fingerprint density at radius 3 is 2.61 bits per heavy atom. The van der Waals surface area contributed by atoms with Gasteiger partial charge in [-0.1, -0.05) is 29.4 Å². The minimum Gasteiger partial charge on any atom is -0.457 e. The summed E-state index contributed by atoms with van der Waals surface area (Å²) in [6, 6.07) is 16.1. The Kier molecular flexibility index (Phi) is 3.67. The van der Waals surface area contributed by atoms with Crippen molar-refractivity contribution in [1.29, 1.82) is 5.26 Å². The lowest BCUT2D eigenvalue weighted by atomic mass is 10.1. The molecule has 0 bridgehead atoms. The van der Waals surface area contributed by atoms with Crippen LogP contribution in [0.4, 0.5) is 0 Å². The molecule has 0 amide bonds. The van der Waals surface area contributed by atoms with Crippen LogP contribution in [0.5, 0.6) is 11.5 Å². The van der Waals surface area contributed by atoms with E-state index >= 15 is 0 Å². The summed E-state index contributed by atoms with van der Waals surface area (Å²) in [6.07, 6.45) is 0. The zero-order valence-electron chi connectivity index (χ0n) is 9.54. The highest BCUT2D eigenvalue weighted by atomic mass is 16.5. The third-order valence-electron chi connectivity index (χ3n) is 2.40. The average molecular weight is 238 g/mol. The molecule has 2 aromatic rings. The highest BCUT2D eigenvalue weighted by Crippen LogP contribution is 2.27. The molecule has 88 valence electrons. The second-order valence-electron chi connectivity index (χ2n) is 3.64. The number of para-hydroxylation sites is 1. The standard InChI is InChI=1S/C14H10N2O2/c15-9-11-6-7-12(10-16-17)14(8-11)18-13-4-2-1-3-5-13/h1-8H,10H2. The van der Waals surface area contributed by atoms with Crippen molar-refractivity contribution in [3.63, 3.8) is 0 Å². The lowest BCUT2D eigenvalue weighted by Gasteiger charge is -2.09. The SMILES string of the molecule is N#Cc1ccc(CN=O)c(Oc2ccccc2)c1. The number of benzene rings is 2. The van der Waals surface area contributed by atoms with Gasteiger partial charge in [0.05, 0.1) is 11.6 Å². The first kappa shape index (κ1) is 11.8. The molecule has 0 radical (unpaired) electrons. The van der Waals surface area contributed by atoms with Gasteiger partial charge in [-0.05, 0) is 24.3 Å². The molecule has 18 heavy (non-hydrogen) atoms. The second kappa shape index (κ2) is 5.60. The average Bonchev–Trinajstić information content (AvgIpc) is 2.42. The lowest BCUT2D eigenvalue weighted by Crippen LogP contribution is -1.91. The summed E-state index contributed by atoms with van der Waals surface area (Å²) in [5, 5.41) is 11.7. The number of nitroso groups, excluding NO2 is 1. The molecular weight excluding hydrogens is 228 g/mol. The number of nitriles is 1. The van der Waals surface area contributed by atoms with Crippen LogP contribution in [0.15, 0.2) is 53.7 Å². The molecule has 4 heteroatoms. The van der Waals surface area contributed by atoms with Gasteiger partial charge >= 0.3 is 0 Å². The number of ether oxygens (including phenoxy) is 1. The molecule has 0 unspecified atom stereocenters. The van der Waals surface area contributed by atoms with Crippen LogP contribution in [0, 0.1) is 16.2 Å². The van der Waals surface area contributed by atoms with Crippen molar-refractivity contribution in [3.8, 4) is 17.6 Å². The zero-order valence-corrected chi connectivity index (χ0v) is 9.54. The van der Waals surface area contributed by atoms with E-state index in [9.17, 15) is 4.91 Å².